The Morgan fingerprint density at radius 3 is 2.42 bits per heavy atom. The fourth-order valence-electron chi connectivity index (χ4n) is 3.59. The number of nitrogens with zero attached hydrogens (tertiary/aromatic N) is 1. The van der Waals surface area contributed by atoms with Crippen LogP contribution in [0.3, 0.4) is 0 Å². The number of anilines is 1. The number of benzene rings is 2. The van der Waals surface area contributed by atoms with E-state index >= 15 is 0 Å². The van der Waals surface area contributed by atoms with Gasteiger partial charge < -0.3 is 10.2 Å². The van der Waals surface area contributed by atoms with Gasteiger partial charge in [0.15, 0.2) is 0 Å². The molecular formula is C21H26N2O. The van der Waals surface area contributed by atoms with Crippen LogP contribution in [0.25, 0.3) is 0 Å². The molecule has 2 atom stereocenters. The Labute approximate surface area is 144 Å². The first-order valence-corrected chi connectivity index (χ1v) is 8.74. The highest BCUT2D eigenvalue weighted by Crippen LogP contribution is 2.39. The summed E-state index contributed by atoms with van der Waals surface area (Å²) in [7, 11) is 1.88. The predicted molar refractivity (Wildman–Crippen MR) is 99.4 cm³/mol. The molecule has 24 heavy (non-hydrogen) atoms. The molecule has 1 N–H and O–H groups in total. The molecule has 1 heterocycles. The molecule has 3 nitrogen and oxygen atoms in total. The maximum atomic E-state index is 13.1. The molecule has 0 bridgehead atoms. The number of likely N-dealkylation sites (N-methyl/N-ethyl adjacent to an activating group) is 1. The third-order valence-electron chi connectivity index (χ3n) is 4.74. The van der Waals surface area contributed by atoms with Crippen LogP contribution in [0.5, 0.6) is 0 Å². The van der Waals surface area contributed by atoms with Gasteiger partial charge in [0.1, 0.15) is 0 Å². The molecule has 0 radical (unpaired) electrons. The molecule has 0 spiro atoms. The Morgan fingerprint density at radius 1 is 1.08 bits per heavy atom. The first-order valence-electron chi connectivity index (χ1n) is 8.74. The van der Waals surface area contributed by atoms with Crippen molar-refractivity contribution in [2.75, 3.05) is 18.5 Å². The van der Waals surface area contributed by atoms with Crippen LogP contribution in [0.4, 0.5) is 5.69 Å². The van der Waals surface area contributed by atoms with Gasteiger partial charge in [-0.25, -0.2) is 0 Å². The van der Waals surface area contributed by atoms with Crippen LogP contribution in [-0.2, 0) is 4.79 Å². The van der Waals surface area contributed by atoms with Gasteiger partial charge in [-0.2, -0.15) is 0 Å². The Morgan fingerprint density at radius 2 is 1.75 bits per heavy atom. The molecule has 0 fully saturated rings. The molecule has 2 aromatic rings. The summed E-state index contributed by atoms with van der Waals surface area (Å²) in [6.45, 7) is 5.06. The van der Waals surface area contributed by atoms with Gasteiger partial charge >= 0.3 is 0 Å². The van der Waals surface area contributed by atoms with Crippen LogP contribution in [0.1, 0.15) is 37.3 Å². The lowest BCUT2D eigenvalue weighted by Gasteiger charge is -2.27. The first kappa shape index (κ1) is 16.7. The van der Waals surface area contributed by atoms with Crippen molar-refractivity contribution in [1.82, 2.24) is 5.32 Å². The summed E-state index contributed by atoms with van der Waals surface area (Å²) in [6.07, 6.45) is 0.783. The molecule has 2 unspecified atom stereocenters. The van der Waals surface area contributed by atoms with E-state index in [0.29, 0.717) is 5.92 Å². The number of amides is 1. The van der Waals surface area contributed by atoms with Crippen LogP contribution < -0.4 is 10.2 Å². The minimum Gasteiger partial charge on any atom is -0.311 e. The van der Waals surface area contributed by atoms with Crippen molar-refractivity contribution in [3.05, 3.63) is 65.7 Å². The van der Waals surface area contributed by atoms with Crippen molar-refractivity contribution in [3.8, 4) is 0 Å². The Kier molecular flexibility index (Phi) is 5.00. The molecule has 3 rings (SSSR count). The van der Waals surface area contributed by atoms with Crippen molar-refractivity contribution in [2.45, 2.75) is 32.2 Å². The van der Waals surface area contributed by atoms with Gasteiger partial charge in [0, 0.05) is 18.2 Å². The second-order valence-electron chi connectivity index (χ2n) is 6.94. The average Bonchev–Trinajstić information content (AvgIpc) is 2.71. The van der Waals surface area contributed by atoms with Gasteiger partial charge in [-0.3, -0.25) is 4.79 Å². The molecule has 2 aromatic carbocycles. The summed E-state index contributed by atoms with van der Waals surface area (Å²) in [5.41, 5.74) is 3.57. The Hall–Kier alpha value is -2.13. The van der Waals surface area contributed by atoms with Gasteiger partial charge in [-0.1, -0.05) is 62.4 Å². The lowest BCUT2D eigenvalue weighted by Crippen LogP contribution is -2.46. The van der Waals surface area contributed by atoms with Crippen LogP contribution >= 0.6 is 0 Å². The summed E-state index contributed by atoms with van der Waals surface area (Å²) >= 11 is 0. The van der Waals surface area contributed by atoms with E-state index in [4.69, 9.17) is 0 Å². The van der Waals surface area contributed by atoms with Crippen LogP contribution in [-0.4, -0.2) is 25.5 Å². The minimum absolute atomic E-state index is 0.165. The SMILES string of the molecule is CNC1CC(c2ccccc2)c2ccccc2N(CC(C)C)C1=O. The zero-order valence-corrected chi connectivity index (χ0v) is 14.7. The molecular weight excluding hydrogens is 296 g/mol. The standard InChI is InChI=1S/C21H26N2O/c1-15(2)14-23-20-12-8-7-11-17(20)18(13-19(22-3)21(23)24)16-9-5-4-6-10-16/h4-12,15,18-19,22H,13-14H2,1-3H3. The zero-order valence-electron chi connectivity index (χ0n) is 14.7. The van der Waals surface area contributed by atoms with Crippen molar-refractivity contribution in [2.24, 2.45) is 5.92 Å². The summed E-state index contributed by atoms with van der Waals surface area (Å²) in [5, 5.41) is 3.24. The third-order valence-corrected chi connectivity index (χ3v) is 4.74. The third kappa shape index (κ3) is 3.22. The summed E-state index contributed by atoms with van der Waals surface area (Å²) in [6, 6.07) is 18.7. The van der Waals surface area contributed by atoms with E-state index < -0.39 is 0 Å². The van der Waals surface area contributed by atoms with Gasteiger partial charge in [-0.05, 0) is 36.6 Å². The number of carbonyl (C=O) groups is 1. The number of hydrogen-bond donors (Lipinski definition) is 1. The topological polar surface area (TPSA) is 32.3 Å². The second kappa shape index (κ2) is 7.18. The number of para-hydroxylation sites is 1. The molecule has 0 saturated heterocycles. The predicted octanol–water partition coefficient (Wildman–Crippen LogP) is 3.80. The quantitative estimate of drug-likeness (QED) is 0.928. The van der Waals surface area contributed by atoms with E-state index in [1.54, 1.807) is 0 Å². The maximum absolute atomic E-state index is 13.1. The number of rotatable bonds is 4. The second-order valence-corrected chi connectivity index (χ2v) is 6.94. The molecule has 1 amide bonds. The molecule has 1 aliphatic rings. The average molecular weight is 322 g/mol. The van der Waals surface area contributed by atoms with E-state index in [1.807, 2.05) is 24.1 Å². The van der Waals surface area contributed by atoms with Crippen LogP contribution in [0.2, 0.25) is 0 Å². The lowest BCUT2D eigenvalue weighted by atomic mass is 9.86. The Balaban J connectivity index is 2.13. The highest BCUT2D eigenvalue weighted by atomic mass is 16.2. The molecule has 126 valence electrons. The van der Waals surface area contributed by atoms with Crippen molar-refractivity contribution >= 4 is 11.6 Å². The molecule has 1 aliphatic heterocycles. The molecule has 0 aromatic heterocycles. The largest absolute Gasteiger partial charge is 0.311 e. The van der Waals surface area contributed by atoms with E-state index in [1.165, 1.54) is 11.1 Å². The van der Waals surface area contributed by atoms with Crippen LogP contribution in [0, 0.1) is 5.92 Å². The maximum Gasteiger partial charge on any atom is 0.244 e. The van der Waals surface area contributed by atoms with E-state index in [2.05, 4.69) is 61.6 Å². The zero-order chi connectivity index (χ0) is 17.1. The highest BCUT2D eigenvalue weighted by molar-refractivity contribution is 5.99. The number of fused-ring (bicyclic) bond motifs is 1. The smallest absolute Gasteiger partial charge is 0.244 e. The fraction of sp³-hybridized carbons (Fsp3) is 0.381. The number of hydrogen-bond acceptors (Lipinski definition) is 2. The fourth-order valence-corrected chi connectivity index (χ4v) is 3.59. The van der Waals surface area contributed by atoms with Crippen molar-refractivity contribution < 1.29 is 4.79 Å². The molecule has 3 heteroatoms. The van der Waals surface area contributed by atoms with Gasteiger partial charge in [0.05, 0.1) is 6.04 Å². The van der Waals surface area contributed by atoms with E-state index in [-0.39, 0.29) is 17.9 Å². The number of carbonyl (C=O) groups excluding carboxylic acids is 1. The first-order chi connectivity index (χ1) is 11.6. The van der Waals surface area contributed by atoms with Gasteiger partial charge in [0.2, 0.25) is 5.91 Å². The minimum atomic E-state index is -0.165. The summed E-state index contributed by atoms with van der Waals surface area (Å²) in [4.78, 5) is 15.1. The van der Waals surface area contributed by atoms with Crippen molar-refractivity contribution in [3.63, 3.8) is 0 Å². The Bertz CT molecular complexity index is 696. The van der Waals surface area contributed by atoms with Crippen molar-refractivity contribution in [1.29, 1.82) is 0 Å². The van der Waals surface area contributed by atoms with Gasteiger partial charge in [-0.15, -0.1) is 0 Å². The normalized spacial score (nSPS) is 20.8. The summed E-state index contributed by atoms with van der Waals surface area (Å²) < 4.78 is 0. The number of nitrogens with one attached hydrogen (secondary N) is 1. The van der Waals surface area contributed by atoms with E-state index in [0.717, 1.165) is 18.7 Å². The summed E-state index contributed by atoms with van der Waals surface area (Å²) in [5.74, 6) is 0.825. The lowest BCUT2D eigenvalue weighted by molar-refractivity contribution is -0.120. The van der Waals surface area contributed by atoms with Gasteiger partial charge in [0.25, 0.3) is 0 Å². The molecule has 0 aliphatic carbocycles. The van der Waals surface area contributed by atoms with E-state index in [9.17, 15) is 4.79 Å². The van der Waals surface area contributed by atoms with Crippen LogP contribution in [0.15, 0.2) is 54.6 Å². The highest BCUT2D eigenvalue weighted by Gasteiger charge is 2.34. The molecule has 0 saturated carbocycles. The monoisotopic (exact) mass is 322 g/mol.